The van der Waals surface area contributed by atoms with Crippen LogP contribution >= 0.6 is 15.9 Å². The molecule has 0 aliphatic rings. The maximum Gasteiger partial charge on any atom is 0.241 e. The molecule has 0 fully saturated rings. The molecule has 0 aliphatic carbocycles. The van der Waals surface area contributed by atoms with Gasteiger partial charge < -0.3 is 0 Å². The molecular weight excluding hydrogens is 321 g/mol. The van der Waals surface area contributed by atoms with Gasteiger partial charge in [0.15, 0.2) is 0 Å². The van der Waals surface area contributed by atoms with E-state index in [0.29, 0.717) is 0 Å². The summed E-state index contributed by atoms with van der Waals surface area (Å²) in [5.41, 5.74) is 0.819. The minimum absolute atomic E-state index is 0.0215. The van der Waals surface area contributed by atoms with E-state index in [1.54, 1.807) is 0 Å². The van der Waals surface area contributed by atoms with Crippen molar-refractivity contribution in [3.63, 3.8) is 0 Å². The minimum Gasteiger partial charge on any atom is -0.207 e. The van der Waals surface area contributed by atoms with Crippen molar-refractivity contribution in [3.05, 3.63) is 40.6 Å². The third-order valence-electron chi connectivity index (χ3n) is 2.30. The molecular formula is C12H15BrFNO2S. The molecule has 3 nitrogen and oxygen atoms in total. The topological polar surface area (TPSA) is 46.2 Å². The lowest BCUT2D eigenvalue weighted by atomic mass is 10.2. The van der Waals surface area contributed by atoms with Gasteiger partial charge in [0.2, 0.25) is 10.0 Å². The van der Waals surface area contributed by atoms with Crippen molar-refractivity contribution in [1.29, 1.82) is 0 Å². The number of nitrogens with one attached hydrogen (secondary N) is 1. The summed E-state index contributed by atoms with van der Waals surface area (Å²) >= 11 is 3.04. The van der Waals surface area contributed by atoms with Gasteiger partial charge in [0.1, 0.15) is 5.82 Å². The summed E-state index contributed by atoms with van der Waals surface area (Å²) in [5, 5.41) is 0. The van der Waals surface area contributed by atoms with Gasteiger partial charge in [-0.05, 0) is 40.5 Å². The highest BCUT2D eigenvalue weighted by molar-refractivity contribution is 9.10. The van der Waals surface area contributed by atoms with Crippen LogP contribution in [0.3, 0.4) is 0 Å². The predicted molar refractivity (Wildman–Crippen MR) is 73.3 cm³/mol. The summed E-state index contributed by atoms with van der Waals surface area (Å²) in [7, 11) is -3.65. The second-order valence-electron chi connectivity index (χ2n) is 3.90. The zero-order chi connectivity index (χ0) is 13.8. The first kappa shape index (κ1) is 15.3. The molecule has 0 spiro atoms. The third-order valence-corrected chi connectivity index (χ3v) is 4.68. The number of hydrogen-bond donors (Lipinski definition) is 1. The standard InChI is InChI=1S/C12H15BrFNO2S/c1-3-4-9(2)8-15-18(16,17)12-6-5-10(14)7-11(12)13/h5-7,15H,2-4,8H2,1H3. The quantitative estimate of drug-likeness (QED) is 0.811. The normalized spacial score (nSPS) is 11.5. The summed E-state index contributed by atoms with van der Waals surface area (Å²) in [6, 6.07) is 3.46. The predicted octanol–water partition coefficient (Wildman–Crippen LogP) is 3.22. The van der Waals surface area contributed by atoms with E-state index < -0.39 is 15.8 Å². The second kappa shape index (κ2) is 6.45. The van der Waals surface area contributed by atoms with Crippen LogP contribution < -0.4 is 4.72 Å². The molecule has 0 bridgehead atoms. The molecule has 100 valence electrons. The first-order valence-corrected chi connectivity index (χ1v) is 7.76. The van der Waals surface area contributed by atoms with E-state index in [1.807, 2.05) is 6.92 Å². The molecule has 1 aromatic rings. The van der Waals surface area contributed by atoms with E-state index >= 15 is 0 Å². The highest BCUT2D eigenvalue weighted by Gasteiger charge is 2.17. The number of sulfonamides is 1. The molecule has 0 unspecified atom stereocenters. The van der Waals surface area contributed by atoms with Gasteiger partial charge in [-0.25, -0.2) is 17.5 Å². The average molecular weight is 336 g/mol. The Morgan fingerprint density at radius 2 is 2.17 bits per heavy atom. The van der Waals surface area contributed by atoms with Crippen LogP contribution in [0.25, 0.3) is 0 Å². The van der Waals surface area contributed by atoms with Gasteiger partial charge in [0, 0.05) is 11.0 Å². The van der Waals surface area contributed by atoms with Crippen molar-refractivity contribution in [2.75, 3.05) is 6.54 Å². The van der Waals surface area contributed by atoms with Crippen LogP contribution in [-0.4, -0.2) is 15.0 Å². The lowest BCUT2D eigenvalue weighted by Gasteiger charge is -2.09. The van der Waals surface area contributed by atoms with Gasteiger partial charge >= 0.3 is 0 Å². The smallest absolute Gasteiger partial charge is 0.207 e. The van der Waals surface area contributed by atoms with Crippen molar-refractivity contribution in [1.82, 2.24) is 4.72 Å². The molecule has 0 saturated carbocycles. The Kier molecular flexibility index (Phi) is 5.49. The first-order chi connectivity index (χ1) is 8.36. The Balaban J connectivity index is 2.83. The van der Waals surface area contributed by atoms with Crippen molar-refractivity contribution in [2.24, 2.45) is 0 Å². The van der Waals surface area contributed by atoms with Crippen LogP contribution in [0.4, 0.5) is 4.39 Å². The Hall–Kier alpha value is -0.720. The van der Waals surface area contributed by atoms with Crippen molar-refractivity contribution in [2.45, 2.75) is 24.7 Å². The number of halogens is 2. The zero-order valence-electron chi connectivity index (χ0n) is 10.0. The van der Waals surface area contributed by atoms with Gasteiger partial charge in [0.05, 0.1) is 4.90 Å². The van der Waals surface area contributed by atoms with Crippen LogP contribution in [-0.2, 0) is 10.0 Å². The lowest BCUT2D eigenvalue weighted by molar-refractivity contribution is 0.582. The molecule has 0 saturated heterocycles. The largest absolute Gasteiger partial charge is 0.241 e. The monoisotopic (exact) mass is 335 g/mol. The summed E-state index contributed by atoms with van der Waals surface area (Å²) in [6.07, 6.45) is 1.69. The molecule has 1 aromatic carbocycles. The Morgan fingerprint density at radius 1 is 1.50 bits per heavy atom. The van der Waals surface area contributed by atoms with E-state index in [1.165, 1.54) is 6.07 Å². The Morgan fingerprint density at radius 3 is 2.72 bits per heavy atom. The fourth-order valence-electron chi connectivity index (χ4n) is 1.41. The van der Waals surface area contributed by atoms with Crippen molar-refractivity contribution < 1.29 is 12.8 Å². The summed E-state index contributed by atoms with van der Waals surface area (Å²) in [5.74, 6) is -0.490. The van der Waals surface area contributed by atoms with Crippen LogP contribution in [0, 0.1) is 5.82 Å². The number of hydrogen-bond acceptors (Lipinski definition) is 2. The molecule has 0 aromatic heterocycles. The Labute approximate surface area is 115 Å². The third kappa shape index (κ3) is 4.19. The first-order valence-electron chi connectivity index (χ1n) is 5.48. The van der Waals surface area contributed by atoms with E-state index in [0.717, 1.165) is 30.5 Å². The SMILES string of the molecule is C=C(CCC)CNS(=O)(=O)c1ccc(F)cc1Br. The summed E-state index contributed by atoms with van der Waals surface area (Å²) in [6.45, 7) is 5.97. The van der Waals surface area contributed by atoms with Crippen LogP contribution in [0.15, 0.2) is 39.7 Å². The molecule has 1 N–H and O–H groups in total. The molecule has 0 radical (unpaired) electrons. The fourth-order valence-corrected chi connectivity index (χ4v) is 3.51. The number of rotatable bonds is 6. The van der Waals surface area contributed by atoms with E-state index in [4.69, 9.17) is 0 Å². The zero-order valence-corrected chi connectivity index (χ0v) is 12.4. The highest BCUT2D eigenvalue weighted by Crippen LogP contribution is 2.22. The maximum atomic E-state index is 12.9. The van der Waals surface area contributed by atoms with Gasteiger partial charge in [-0.2, -0.15) is 0 Å². The van der Waals surface area contributed by atoms with Gasteiger partial charge in [-0.1, -0.05) is 25.5 Å². The minimum atomic E-state index is -3.65. The second-order valence-corrected chi connectivity index (χ2v) is 6.49. The molecule has 6 heteroatoms. The van der Waals surface area contributed by atoms with E-state index in [9.17, 15) is 12.8 Å². The fraction of sp³-hybridized carbons (Fsp3) is 0.333. The number of benzene rings is 1. The van der Waals surface area contributed by atoms with Crippen LogP contribution in [0.5, 0.6) is 0 Å². The van der Waals surface area contributed by atoms with E-state index in [2.05, 4.69) is 27.2 Å². The van der Waals surface area contributed by atoms with Gasteiger partial charge in [0.25, 0.3) is 0 Å². The molecule has 0 atom stereocenters. The van der Waals surface area contributed by atoms with Gasteiger partial charge in [-0.3, -0.25) is 0 Å². The van der Waals surface area contributed by atoms with Crippen molar-refractivity contribution >= 4 is 26.0 Å². The molecule has 1 rings (SSSR count). The molecule has 18 heavy (non-hydrogen) atoms. The highest BCUT2D eigenvalue weighted by atomic mass is 79.9. The average Bonchev–Trinajstić information content (AvgIpc) is 2.26. The van der Waals surface area contributed by atoms with Crippen LogP contribution in [0.1, 0.15) is 19.8 Å². The van der Waals surface area contributed by atoms with Crippen molar-refractivity contribution in [3.8, 4) is 0 Å². The molecule has 0 amide bonds. The summed E-state index contributed by atoms with van der Waals surface area (Å²) < 4.78 is 39.5. The van der Waals surface area contributed by atoms with Gasteiger partial charge in [-0.15, -0.1) is 0 Å². The Bertz CT molecular complexity index is 543. The lowest BCUT2D eigenvalue weighted by Crippen LogP contribution is -2.26. The molecule has 0 heterocycles. The molecule has 0 aliphatic heterocycles. The van der Waals surface area contributed by atoms with Crippen LogP contribution in [0.2, 0.25) is 0 Å². The maximum absolute atomic E-state index is 12.9. The summed E-state index contributed by atoms with van der Waals surface area (Å²) in [4.78, 5) is 0.0215. The van der Waals surface area contributed by atoms with E-state index in [-0.39, 0.29) is 15.9 Å².